The number of halogens is 1. The van der Waals surface area contributed by atoms with Crippen molar-refractivity contribution in [3.63, 3.8) is 0 Å². The van der Waals surface area contributed by atoms with Gasteiger partial charge >= 0.3 is 5.69 Å². The molecule has 0 spiro atoms. The molecule has 0 heterocycles. The Labute approximate surface area is 79.1 Å². The zero-order valence-corrected chi connectivity index (χ0v) is 7.18. The number of aliphatic hydroxyl groups is 1. The Morgan fingerprint density at radius 1 is 1.64 bits per heavy atom. The molecular formula is C8H9FN2O3. The summed E-state index contributed by atoms with van der Waals surface area (Å²) in [6, 6.07) is 3.18. The predicted octanol–water partition coefficient (Wildman–Crippen LogP) is 0.726. The average Bonchev–Trinajstić information content (AvgIpc) is 2.17. The van der Waals surface area contributed by atoms with Crippen LogP contribution in [0.2, 0.25) is 0 Å². The molecule has 6 heteroatoms. The topological polar surface area (TPSA) is 89.4 Å². The summed E-state index contributed by atoms with van der Waals surface area (Å²) in [4.78, 5) is 9.49. The molecule has 0 unspecified atom stereocenters. The van der Waals surface area contributed by atoms with Crippen LogP contribution in [0.1, 0.15) is 11.7 Å². The van der Waals surface area contributed by atoms with Gasteiger partial charge in [-0.1, -0.05) is 6.07 Å². The Morgan fingerprint density at radius 2 is 2.29 bits per heavy atom. The van der Waals surface area contributed by atoms with Gasteiger partial charge in [0.05, 0.1) is 11.0 Å². The third kappa shape index (κ3) is 2.04. The fourth-order valence-electron chi connectivity index (χ4n) is 1.01. The van der Waals surface area contributed by atoms with Gasteiger partial charge in [-0.05, 0) is 11.6 Å². The molecule has 3 N–H and O–H groups in total. The minimum absolute atomic E-state index is 0.0667. The smallest absolute Gasteiger partial charge is 0.305 e. The van der Waals surface area contributed by atoms with E-state index in [1.54, 1.807) is 0 Å². The summed E-state index contributed by atoms with van der Waals surface area (Å²) in [7, 11) is 0. The van der Waals surface area contributed by atoms with Crippen LogP contribution in [-0.2, 0) is 0 Å². The largest absolute Gasteiger partial charge is 0.387 e. The van der Waals surface area contributed by atoms with E-state index in [1.807, 2.05) is 0 Å². The number of benzene rings is 1. The molecule has 14 heavy (non-hydrogen) atoms. The summed E-state index contributed by atoms with van der Waals surface area (Å²) < 4.78 is 12.8. The molecule has 0 aliphatic carbocycles. The molecule has 0 saturated carbocycles. The van der Waals surface area contributed by atoms with E-state index in [0.29, 0.717) is 0 Å². The van der Waals surface area contributed by atoms with E-state index < -0.39 is 22.5 Å². The third-order valence-electron chi connectivity index (χ3n) is 1.77. The minimum atomic E-state index is -1.01. The molecule has 0 saturated heterocycles. The van der Waals surface area contributed by atoms with Crippen LogP contribution >= 0.6 is 0 Å². The lowest BCUT2D eigenvalue weighted by Gasteiger charge is -2.07. The van der Waals surface area contributed by atoms with Gasteiger partial charge in [-0.15, -0.1) is 0 Å². The molecule has 1 aromatic rings. The van der Waals surface area contributed by atoms with Gasteiger partial charge in [0.25, 0.3) is 0 Å². The van der Waals surface area contributed by atoms with Gasteiger partial charge < -0.3 is 10.8 Å². The number of nitrogens with zero attached hydrogens (tertiary/aromatic N) is 1. The van der Waals surface area contributed by atoms with Crippen molar-refractivity contribution >= 4 is 5.69 Å². The number of nitro groups is 1. The average molecular weight is 200 g/mol. The Hall–Kier alpha value is -1.53. The lowest BCUT2D eigenvalue weighted by molar-refractivity contribution is -0.387. The molecule has 76 valence electrons. The number of rotatable bonds is 3. The van der Waals surface area contributed by atoms with Gasteiger partial charge in [-0.3, -0.25) is 10.1 Å². The molecule has 0 aromatic heterocycles. The zero-order valence-electron chi connectivity index (χ0n) is 7.18. The van der Waals surface area contributed by atoms with Gasteiger partial charge in [0.1, 0.15) is 0 Å². The molecule has 0 bridgehead atoms. The lowest BCUT2D eigenvalue weighted by atomic mass is 10.1. The highest BCUT2D eigenvalue weighted by molar-refractivity contribution is 5.37. The number of hydrogen-bond acceptors (Lipinski definition) is 4. The van der Waals surface area contributed by atoms with E-state index in [2.05, 4.69) is 0 Å². The SMILES string of the molecule is NC[C@H](O)c1ccc(F)c([N+](=O)[O-])c1. The Balaban J connectivity index is 3.12. The summed E-state index contributed by atoms with van der Waals surface area (Å²) in [5.41, 5.74) is 4.73. The highest BCUT2D eigenvalue weighted by Crippen LogP contribution is 2.21. The van der Waals surface area contributed by atoms with E-state index >= 15 is 0 Å². The van der Waals surface area contributed by atoms with Crippen LogP contribution in [0.3, 0.4) is 0 Å². The first-order valence-electron chi connectivity index (χ1n) is 3.88. The standard InChI is InChI=1S/C8H9FN2O3/c9-6-2-1-5(8(12)4-10)3-7(6)11(13)14/h1-3,8,12H,4,10H2/t8-/m0/s1. The van der Waals surface area contributed by atoms with Crippen molar-refractivity contribution in [3.05, 3.63) is 39.7 Å². The van der Waals surface area contributed by atoms with Gasteiger partial charge in [-0.25, -0.2) is 0 Å². The van der Waals surface area contributed by atoms with Crippen molar-refractivity contribution in [2.24, 2.45) is 5.73 Å². The maximum absolute atomic E-state index is 12.8. The van der Waals surface area contributed by atoms with Crippen molar-refractivity contribution in [1.82, 2.24) is 0 Å². The van der Waals surface area contributed by atoms with Crippen molar-refractivity contribution in [1.29, 1.82) is 0 Å². The fraction of sp³-hybridized carbons (Fsp3) is 0.250. The van der Waals surface area contributed by atoms with Crippen LogP contribution in [0.4, 0.5) is 10.1 Å². The van der Waals surface area contributed by atoms with E-state index in [0.717, 1.165) is 12.1 Å². The van der Waals surface area contributed by atoms with E-state index in [4.69, 9.17) is 5.73 Å². The second kappa shape index (κ2) is 4.12. The quantitative estimate of drug-likeness (QED) is 0.555. The van der Waals surface area contributed by atoms with Crippen molar-refractivity contribution in [3.8, 4) is 0 Å². The Kier molecular flexibility index (Phi) is 3.10. The second-order valence-corrected chi connectivity index (χ2v) is 2.72. The predicted molar refractivity (Wildman–Crippen MR) is 47.1 cm³/mol. The van der Waals surface area contributed by atoms with Crippen LogP contribution in [-0.4, -0.2) is 16.6 Å². The first-order valence-corrected chi connectivity index (χ1v) is 3.88. The molecule has 0 amide bonds. The molecule has 0 aliphatic rings. The highest BCUT2D eigenvalue weighted by atomic mass is 19.1. The second-order valence-electron chi connectivity index (χ2n) is 2.72. The molecule has 5 nitrogen and oxygen atoms in total. The molecule has 1 atom stereocenters. The first kappa shape index (κ1) is 10.6. The summed E-state index contributed by atoms with van der Waals surface area (Å²) in [6.07, 6.45) is -1.01. The molecule has 1 aromatic carbocycles. The van der Waals surface area contributed by atoms with Crippen LogP contribution in [0.25, 0.3) is 0 Å². The summed E-state index contributed by atoms with van der Waals surface area (Å²) >= 11 is 0. The maximum Gasteiger partial charge on any atom is 0.305 e. The molecular weight excluding hydrogens is 191 g/mol. The minimum Gasteiger partial charge on any atom is -0.387 e. The summed E-state index contributed by atoms with van der Waals surface area (Å²) in [5.74, 6) is -0.928. The van der Waals surface area contributed by atoms with Crippen LogP contribution < -0.4 is 5.73 Å². The number of nitro benzene ring substituents is 1. The van der Waals surface area contributed by atoms with Gasteiger partial charge in [-0.2, -0.15) is 4.39 Å². The van der Waals surface area contributed by atoms with Crippen LogP contribution in [0, 0.1) is 15.9 Å². The maximum atomic E-state index is 12.8. The van der Waals surface area contributed by atoms with Gasteiger partial charge in [0.2, 0.25) is 5.82 Å². The van der Waals surface area contributed by atoms with Crippen LogP contribution in [0.5, 0.6) is 0 Å². The van der Waals surface area contributed by atoms with Crippen molar-refractivity contribution in [2.75, 3.05) is 6.54 Å². The normalized spacial score (nSPS) is 12.5. The van der Waals surface area contributed by atoms with E-state index in [-0.39, 0.29) is 12.1 Å². The van der Waals surface area contributed by atoms with Crippen molar-refractivity contribution < 1.29 is 14.4 Å². The van der Waals surface area contributed by atoms with Crippen LogP contribution in [0.15, 0.2) is 18.2 Å². The molecule has 1 rings (SSSR count). The molecule has 0 aliphatic heterocycles. The molecule has 0 fully saturated rings. The first-order chi connectivity index (χ1) is 6.56. The summed E-state index contributed by atoms with van der Waals surface area (Å²) in [6.45, 7) is -0.0667. The number of nitrogens with two attached hydrogens (primary N) is 1. The highest BCUT2D eigenvalue weighted by Gasteiger charge is 2.16. The number of hydrogen-bond donors (Lipinski definition) is 2. The molecule has 0 radical (unpaired) electrons. The number of aliphatic hydroxyl groups excluding tert-OH is 1. The van der Waals surface area contributed by atoms with E-state index in [9.17, 15) is 19.6 Å². The Morgan fingerprint density at radius 3 is 2.79 bits per heavy atom. The van der Waals surface area contributed by atoms with Gasteiger partial charge in [0.15, 0.2) is 0 Å². The fourth-order valence-corrected chi connectivity index (χ4v) is 1.01. The van der Waals surface area contributed by atoms with Crippen molar-refractivity contribution in [2.45, 2.75) is 6.10 Å². The Bertz CT molecular complexity index is 356. The third-order valence-corrected chi connectivity index (χ3v) is 1.77. The van der Waals surface area contributed by atoms with E-state index in [1.165, 1.54) is 6.07 Å². The lowest BCUT2D eigenvalue weighted by Crippen LogP contribution is -2.11. The zero-order chi connectivity index (χ0) is 10.7. The van der Waals surface area contributed by atoms with Gasteiger partial charge in [0, 0.05) is 12.6 Å². The summed E-state index contributed by atoms with van der Waals surface area (Å²) in [5, 5.41) is 19.6. The monoisotopic (exact) mass is 200 g/mol.